The van der Waals surface area contributed by atoms with E-state index in [1.165, 1.54) is 38.6 Å². The summed E-state index contributed by atoms with van der Waals surface area (Å²) >= 11 is 9.30. The highest BCUT2D eigenvalue weighted by atomic mass is 79.9. The van der Waals surface area contributed by atoms with Crippen molar-refractivity contribution in [2.75, 3.05) is 20.7 Å². The van der Waals surface area contributed by atoms with E-state index in [9.17, 15) is 13.2 Å². The zero-order valence-electron chi connectivity index (χ0n) is 14.5. The Balaban J connectivity index is 2.00. The van der Waals surface area contributed by atoms with Gasteiger partial charge >= 0.3 is 0 Å². The smallest absolute Gasteiger partial charge is 0.255 e. The maximum Gasteiger partial charge on any atom is 0.255 e. The molecule has 0 radical (unpaired) electrons. The molecule has 144 valence electrons. The van der Waals surface area contributed by atoms with Gasteiger partial charge in [0.15, 0.2) is 0 Å². The molecule has 2 rings (SSSR count). The second-order valence-electron chi connectivity index (χ2n) is 5.40. The van der Waals surface area contributed by atoms with Crippen LogP contribution in [0.25, 0.3) is 0 Å². The Labute approximate surface area is 171 Å². The van der Waals surface area contributed by atoms with Crippen LogP contribution in [0.2, 0.25) is 5.02 Å². The summed E-state index contributed by atoms with van der Waals surface area (Å²) in [7, 11) is -1.16. The van der Waals surface area contributed by atoms with Crippen LogP contribution in [0.1, 0.15) is 5.56 Å². The van der Waals surface area contributed by atoms with Crippen molar-refractivity contribution in [3.05, 3.63) is 57.5 Å². The highest BCUT2D eigenvalue weighted by Gasteiger charge is 2.23. The third-order valence-electron chi connectivity index (χ3n) is 3.47. The summed E-state index contributed by atoms with van der Waals surface area (Å²) in [6.07, 6.45) is 1.46. The first-order valence-corrected chi connectivity index (χ1v) is 10.2. The number of hydrazone groups is 1. The standard InChI is InChI=1S/C17H17BrClN3O4S/c1-22(27(24,25)14-7-8-16(26-2)15(19)9-14)11-17(23)21-20-10-12-3-5-13(18)6-4-12/h3-10H,11H2,1-2H3,(H,21,23)/b20-10-. The maximum absolute atomic E-state index is 12.6. The topological polar surface area (TPSA) is 88.1 Å². The number of nitrogens with one attached hydrogen (secondary N) is 1. The van der Waals surface area contributed by atoms with Crippen LogP contribution in [0, 0.1) is 0 Å². The van der Waals surface area contributed by atoms with Gasteiger partial charge in [0.1, 0.15) is 5.75 Å². The van der Waals surface area contributed by atoms with Crippen LogP contribution < -0.4 is 10.2 Å². The molecule has 0 saturated carbocycles. The number of hydrogen-bond acceptors (Lipinski definition) is 5. The van der Waals surface area contributed by atoms with Crippen molar-refractivity contribution in [1.29, 1.82) is 0 Å². The fraction of sp³-hybridized carbons (Fsp3) is 0.176. The van der Waals surface area contributed by atoms with Gasteiger partial charge in [0.25, 0.3) is 5.91 Å². The molecule has 0 fully saturated rings. The minimum Gasteiger partial charge on any atom is -0.495 e. The van der Waals surface area contributed by atoms with Gasteiger partial charge in [-0.05, 0) is 35.9 Å². The van der Waals surface area contributed by atoms with Gasteiger partial charge in [-0.2, -0.15) is 9.41 Å². The number of carbonyl (C=O) groups excluding carboxylic acids is 1. The lowest BCUT2D eigenvalue weighted by atomic mass is 10.2. The van der Waals surface area contributed by atoms with Crippen LogP contribution in [0.3, 0.4) is 0 Å². The van der Waals surface area contributed by atoms with Gasteiger partial charge in [-0.1, -0.05) is 39.7 Å². The third kappa shape index (κ3) is 5.77. The molecule has 27 heavy (non-hydrogen) atoms. The first-order valence-electron chi connectivity index (χ1n) is 7.61. The molecule has 0 aliphatic carbocycles. The molecule has 0 aromatic heterocycles. The Morgan fingerprint density at radius 1 is 1.30 bits per heavy atom. The van der Waals surface area contributed by atoms with E-state index in [2.05, 4.69) is 26.5 Å². The van der Waals surface area contributed by atoms with Crippen molar-refractivity contribution in [2.24, 2.45) is 5.10 Å². The van der Waals surface area contributed by atoms with Gasteiger partial charge in [-0.15, -0.1) is 0 Å². The number of nitrogens with zero attached hydrogens (tertiary/aromatic N) is 2. The van der Waals surface area contributed by atoms with E-state index in [0.717, 1.165) is 14.3 Å². The van der Waals surface area contributed by atoms with Crippen LogP contribution in [0.4, 0.5) is 0 Å². The molecule has 0 bridgehead atoms. The van der Waals surface area contributed by atoms with E-state index in [4.69, 9.17) is 16.3 Å². The van der Waals surface area contributed by atoms with E-state index in [0.29, 0.717) is 5.75 Å². The normalized spacial score (nSPS) is 11.7. The molecule has 0 atom stereocenters. The number of likely N-dealkylation sites (N-methyl/N-ethyl adjacent to an activating group) is 1. The quantitative estimate of drug-likeness (QED) is 0.494. The summed E-state index contributed by atoms with van der Waals surface area (Å²) in [5.74, 6) is -0.215. The Morgan fingerprint density at radius 3 is 2.56 bits per heavy atom. The average Bonchev–Trinajstić information content (AvgIpc) is 2.63. The minimum absolute atomic E-state index is 0.0398. The number of hydrogen-bond donors (Lipinski definition) is 1. The Morgan fingerprint density at radius 2 is 1.96 bits per heavy atom. The summed E-state index contributed by atoms with van der Waals surface area (Å²) in [6.45, 7) is -0.399. The van der Waals surface area contributed by atoms with E-state index < -0.39 is 22.5 Å². The first kappa shape index (κ1) is 21.4. The molecule has 0 saturated heterocycles. The number of benzene rings is 2. The second-order valence-corrected chi connectivity index (χ2v) is 8.77. The number of carbonyl (C=O) groups is 1. The molecule has 10 heteroatoms. The van der Waals surface area contributed by atoms with Crippen molar-refractivity contribution in [3.63, 3.8) is 0 Å². The van der Waals surface area contributed by atoms with Crippen LogP contribution >= 0.6 is 27.5 Å². The zero-order chi connectivity index (χ0) is 20.0. The summed E-state index contributed by atoms with van der Waals surface area (Å²) in [5.41, 5.74) is 3.08. The monoisotopic (exact) mass is 473 g/mol. The van der Waals surface area contributed by atoms with Gasteiger partial charge in [0.05, 0.1) is 29.8 Å². The SMILES string of the molecule is COc1ccc(S(=O)(=O)N(C)CC(=O)N/N=C\c2ccc(Br)cc2)cc1Cl. The van der Waals surface area contributed by atoms with Crippen LogP contribution in [0.5, 0.6) is 5.75 Å². The van der Waals surface area contributed by atoms with Crippen molar-refractivity contribution in [2.45, 2.75) is 4.90 Å². The number of rotatable bonds is 7. The van der Waals surface area contributed by atoms with Gasteiger partial charge in [0.2, 0.25) is 10.0 Å². The van der Waals surface area contributed by atoms with Crippen LogP contribution in [0.15, 0.2) is 56.9 Å². The Bertz CT molecular complexity index is 949. The molecule has 2 aromatic carbocycles. The van der Waals surface area contributed by atoms with Crippen molar-refractivity contribution in [1.82, 2.24) is 9.73 Å². The van der Waals surface area contributed by atoms with Gasteiger partial charge in [0, 0.05) is 11.5 Å². The third-order valence-corrected chi connectivity index (χ3v) is 6.09. The maximum atomic E-state index is 12.6. The lowest BCUT2D eigenvalue weighted by molar-refractivity contribution is -0.121. The van der Waals surface area contributed by atoms with E-state index in [1.807, 2.05) is 24.3 Å². The molecule has 0 unspecified atom stereocenters. The Hall–Kier alpha value is -1.94. The Kier molecular flexibility index (Phi) is 7.37. The summed E-state index contributed by atoms with van der Waals surface area (Å²) in [6, 6.07) is 11.4. The molecule has 0 aliphatic heterocycles. The van der Waals surface area contributed by atoms with Gasteiger partial charge in [-0.25, -0.2) is 13.8 Å². The van der Waals surface area contributed by atoms with E-state index >= 15 is 0 Å². The van der Waals surface area contributed by atoms with Crippen molar-refractivity contribution >= 4 is 49.7 Å². The fourth-order valence-corrected chi connectivity index (χ4v) is 3.78. The minimum atomic E-state index is -3.89. The molecule has 0 spiro atoms. The number of halogens is 2. The lowest BCUT2D eigenvalue weighted by Crippen LogP contribution is -2.36. The molecule has 1 N–H and O–H groups in total. The largest absolute Gasteiger partial charge is 0.495 e. The summed E-state index contributed by atoms with van der Waals surface area (Å²) < 4.78 is 31.9. The molecular formula is C17H17BrClN3O4S. The first-order chi connectivity index (χ1) is 12.7. The molecule has 1 amide bonds. The number of ether oxygens (including phenoxy) is 1. The number of sulfonamides is 1. The predicted molar refractivity (Wildman–Crippen MR) is 108 cm³/mol. The average molecular weight is 475 g/mol. The van der Waals surface area contributed by atoms with E-state index in [-0.39, 0.29) is 9.92 Å². The zero-order valence-corrected chi connectivity index (χ0v) is 17.7. The van der Waals surface area contributed by atoms with Crippen molar-refractivity contribution < 1.29 is 17.9 Å². The molecule has 0 aliphatic rings. The van der Waals surface area contributed by atoms with Crippen molar-refractivity contribution in [3.8, 4) is 5.75 Å². The fourth-order valence-electron chi connectivity index (χ4n) is 2.04. The number of amides is 1. The summed E-state index contributed by atoms with van der Waals surface area (Å²) in [5, 5.41) is 3.98. The highest BCUT2D eigenvalue weighted by Crippen LogP contribution is 2.27. The molecule has 0 heterocycles. The molecule has 7 nitrogen and oxygen atoms in total. The molecular weight excluding hydrogens is 458 g/mol. The van der Waals surface area contributed by atoms with Gasteiger partial charge in [-0.3, -0.25) is 4.79 Å². The number of methoxy groups -OCH3 is 1. The van der Waals surface area contributed by atoms with Gasteiger partial charge < -0.3 is 4.74 Å². The highest BCUT2D eigenvalue weighted by molar-refractivity contribution is 9.10. The second kappa shape index (κ2) is 9.32. The predicted octanol–water partition coefficient (Wildman–Crippen LogP) is 2.88. The summed E-state index contributed by atoms with van der Waals surface area (Å²) in [4.78, 5) is 11.9. The van der Waals surface area contributed by atoms with Crippen LogP contribution in [-0.2, 0) is 14.8 Å². The van der Waals surface area contributed by atoms with Crippen LogP contribution in [-0.4, -0.2) is 45.5 Å². The van der Waals surface area contributed by atoms with E-state index in [1.54, 1.807) is 0 Å². The molecule has 2 aromatic rings. The lowest BCUT2D eigenvalue weighted by Gasteiger charge is -2.16.